The zero-order chi connectivity index (χ0) is 25.6. The van der Waals surface area contributed by atoms with Crippen LogP contribution in [0.5, 0.6) is 0 Å². The summed E-state index contributed by atoms with van der Waals surface area (Å²) < 4.78 is 18.1. The van der Waals surface area contributed by atoms with Gasteiger partial charge in [-0.3, -0.25) is 4.79 Å². The molecule has 0 amide bonds. The predicted molar refractivity (Wildman–Crippen MR) is 137 cm³/mol. The number of hydrogen-bond donors (Lipinski definition) is 3. The molecule has 3 aromatic rings. The van der Waals surface area contributed by atoms with Gasteiger partial charge in [0.25, 0.3) is 5.56 Å². The molecule has 4 heterocycles. The first-order valence-electron chi connectivity index (χ1n) is 12.0. The third kappa shape index (κ3) is 4.05. The van der Waals surface area contributed by atoms with Crippen LogP contribution in [-0.2, 0) is 18.4 Å². The third-order valence-corrected chi connectivity index (χ3v) is 6.58. The van der Waals surface area contributed by atoms with Gasteiger partial charge in [-0.1, -0.05) is 6.07 Å². The van der Waals surface area contributed by atoms with E-state index >= 15 is 4.39 Å². The second-order valence-corrected chi connectivity index (χ2v) is 9.94. The smallest absolute Gasteiger partial charge is 0.278 e. The fourth-order valence-electron chi connectivity index (χ4n) is 4.57. The molecule has 0 saturated heterocycles. The molecule has 1 unspecified atom stereocenters. The maximum Gasteiger partial charge on any atom is 0.278 e. The summed E-state index contributed by atoms with van der Waals surface area (Å²) in [5.74, 6) is -0.265. The van der Waals surface area contributed by atoms with Crippen LogP contribution >= 0.6 is 0 Å². The highest BCUT2D eigenvalue weighted by Crippen LogP contribution is 2.28. The molecule has 0 radical (unpaired) electrons. The van der Waals surface area contributed by atoms with Gasteiger partial charge in [-0.25, -0.2) is 23.7 Å². The molecule has 3 N–H and O–H groups in total. The minimum Gasteiger partial charge on any atom is -0.347 e. The van der Waals surface area contributed by atoms with E-state index in [9.17, 15) is 10.1 Å². The van der Waals surface area contributed by atoms with Crippen molar-refractivity contribution in [2.45, 2.75) is 58.4 Å². The highest BCUT2D eigenvalue weighted by atomic mass is 19.1. The van der Waals surface area contributed by atoms with E-state index < -0.39 is 17.5 Å². The summed E-state index contributed by atoms with van der Waals surface area (Å²) in [6.07, 6.45) is 1.93. The number of nitrogens with one attached hydrogen (secondary N) is 3. The summed E-state index contributed by atoms with van der Waals surface area (Å²) in [6, 6.07) is 10.9. The Kier molecular flexibility index (Phi) is 5.88. The van der Waals surface area contributed by atoms with Crippen molar-refractivity contribution >= 4 is 17.7 Å². The van der Waals surface area contributed by atoms with E-state index in [0.717, 1.165) is 25.2 Å². The lowest BCUT2D eigenvalue weighted by Crippen LogP contribution is -2.32. The van der Waals surface area contributed by atoms with Crippen LogP contribution in [0, 0.1) is 17.1 Å². The molecular weight excluding hydrogens is 459 g/mol. The summed E-state index contributed by atoms with van der Waals surface area (Å²) in [6.45, 7) is 8.91. The Balaban J connectivity index is 1.56. The Morgan fingerprint density at radius 1 is 1.25 bits per heavy atom. The number of aromatic nitrogens is 3. The van der Waals surface area contributed by atoms with Gasteiger partial charge in [0.15, 0.2) is 17.9 Å². The highest BCUT2D eigenvalue weighted by Gasteiger charge is 2.30. The summed E-state index contributed by atoms with van der Waals surface area (Å²) in [5.41, 5.74) is 2.94. The van der Waals surface area contributed by atoms with E-state index in [1.165, 1.54) is 38.8 Å². The zero-order valence-electron chi connectivity index (χ0n) is 20.8. The van der Waals surface area contributed by atoms with E-state index in [1.54, 1.807) is 13.8 Å². The maximum atomic E-state index is 15.2. The van der Waals surface area contributed by atoms with Gasteiger partial charge in [-0.15, -0.1) is 0 Å². The van der Waals surface area contributed by atoms with Gasteiger partial charge in [-0.05, 0) is 76.1 Å². The van der Waals surface area contributed by atoms with Crippen molar-refractivity contribution in [1.29, 1.82) is 5.26 Å². The average Bonchev–Trinajstić information content (AvgIpc) is 3.15. The van der Waals surface area contributed by atoms with Crippen LogP contribution in [0.4, 0.5) is 15.9 Å². The third-order valence-electron chi connectivity index (χ3n) is 6.58. The summed E-state index contributed by atoms with van der Waals surface area (Å²) in [5, 5.41) is 19.6. The van der Waals surface area contributed by atoms with Crippen LogP contribution in [0.15, 0.2) is 40.1 Å². The molecule has 2 aromatic heterocycles. The molecule has 36 heavy (non-hydrogen) atoms. The van der Waals surface area contributed by atoms with Crippen LogP contribution in [0.2, 0.25) is 0 Å². The number of pyridine rings is 1. The van der Waals surface area contributed by atoms with E-state index in [0.29, 0.717) is 17.1 Å². The van der Waals surface area contributed by atoms with Gasteiger partial charge in [0, 0.05) is 24.5 Å². The number of aliphatic imine (C=N–C) groups is 1. The molecule has 10 heteroatoms. The molecule has 0 aliphatic carbocycles. The first-order chi connectivity index (χ1) is 17.2. The lowest BCUT2D eigenvalue weighted by molar-refractivity contribution is 0.454. The topological polar surface area (TPSA) is 112 Å². The number of hydrogen-bond acceptors (Lipinski definition) is 7. The highest BCUT2D eigenvalue weighted by molar-refractivity contribution is 5.89. The molecule has 0 spiro atoms. The predicted octanol–water partition coefficient (Wildman–Crippen LogP) is 3.44. The Morgan fingerprint density at radius 2 is 2.06 bits per heavy atom. The molecule has 0 fully saturated rings. The molecule has 9 nitrogen and oxygen atoms in total. The Bertz CT molecular complexity index is 1460. The van der Waals surface area contributed by atoms with Gasteiger partial charge >= 0.3 is 0 Å². The van der Waals surface area contributed by atoms with Crippen molar-refractivity contribution in [1.82, 2.24) is 19.7 Å². The average molecular weight is 489 g/mol. The molecule has 5 rings (SSSR count). The van der Waals surface area contributed by atoms with Gasteiger partial charge < -0.3 is 16.0 Å². The van der Waals surface area contributed by atoms with Crippen molar-refractivity contribution < 1.29 is 4.39 Å². The summed E-state index contributed by atoms with van der Waals surface area (Å²) in [7, 11) is 0. The molecule has 1 atom stereocenters. The monoisotopic (exact) mass is 488 g/mol. The summed E-state index contributed by atoms with van der Waals surface area (Å²) >= 11 is 0. The van der Waals surface area contributed by atoms with Gasteiger partial charge in [-0.2, -0.15) is 5.26 Å². The SMILES string of the molecule is CC(C)n1c(=O)c2c(n1-c1nc(C(C)(C)C#N)ccc1F)NC(Nc1ccc3c(c1)CNCC3)N=C2. The lowest BCUT2D eigenvalue weighted by atomic mass is 9.91. The molecule has 0 bridgehead atoms. The molecule has 1 aromatic carbocycles. The normalized spacial score (nSPS) is 16.8. The Hall–Kier alpha value is -3.97. The second kappa shape index (κ2) is 8.91. The first kappa shape index (κ1) is 23.8. The van der Waals surface area contributed by atoms with Crippen molar-refractivity contribution in [2.24, 2.45) is 4.99 Å². The molecular formula is C26H29FN8O. The number of nitriles is 1. The van der Waals surface area contributed by atoms with Crippen molar-refractivity contribution in [3.8, 4) is 11.9 Å². The van der Waals surface area contributed by atoms with Gasteiger partial charge in [0.05, 0.1) is 17.2 Å². The minimum atomic E-state index is -0.932. The van der Waals surface area contributed by atoms with Crippen LogP contribution in [0.1, 0.15) is 56.1 Å². The summed E-state index contributed by atoms with van der Waals surface area (Å²) in [4.78, 5) is 22.3. The lowest BCUT2D eigenvalue weighted by Gasteiger charge is -2.25. The van der Waals surface area contributed by atoms with E-state index in [2.05, 4.69) is 44.1 Å². The van der Waals surface area contributed by atoms with Gasteiger partial charge in [0.1, 0.15) is 11.4 Å². The molecule has 186 valence electrons. The minimum absolute atomic E-state index is 0.0516. The standard InChI is InChI=1S/C26H29FN8O/c1-15(2)34-24(36)19-13-30-25(31-18-6-5-16-9-10-29-12-17(16)11-18)33-22(19)35(34)23-20(27)7-8-21(32-23)26(3,4)14-28/h5-8,11,13,15,25,29,31,33H,9-10,12H2,1-4H3. The van der Waals surface area contributed by atoms with Crippen molar-refractivity contribution in [3.05, 3.63) is 68.9 Å². The number of anilines is 2. The quantitative estimate of drug-likeness (QED) is 0.507. The number of halogens is 1. The van der Waals surface area contributed by atoms with Crippen LogP contribution in [0.25, 0.3) is 5.82 Å². The molecule has 2 aliphatic heterocycles. The van der Waals surface area contributed by atoms with Crippen LogP contribution < -0.4 is 21.5 Å². The molecule has 2 aliphatic rings. The number of benzene rings is 1. The number of fused-ring (bicyclic) bond motifs is 2. The number of nitrogens with zero attached hydrogens (tertiary/aromatic N) is 5. The Labute approximate surface area is 208 Å². The first-order valence-corrected chi connectivity index (χ1v) is 12.0. The maximum absolute atomic E-state index is 15.2. The second-order valence-electron chi connectivity index (χ2n) is 9.94. The number of rotatable bonds is 5. The van der Waals surface area contributed by atoms with Gasteiger partial charge in [0.2, 0.25) is 0 Å². The largest absolute Gasteiger partial charge is 0.347 e. The van der Waals surface area contributed by atoms with Crippen LogP contribution in [0.3, 0.4) is 0 Å². The fraction of sp³-hybridized carbons (Fsp3) is 0.385. The van der Waals surface area contributed by atoms with Crippen LogP contribution in [-0.4, -0.2) is 33.4 Å². The van der Waals surface area contributed by atoms with E-state index in [1.807, 2.05) is 19.9 Å². The fourth-order valence-corrected chi connectivity index (χ4v) is 4.57. The van der Waals surface area contributed by atoms with E-state index in [-0.39, 0.29) is 17.4 Å². The van der Waals surface area contributed by atoms with Crippen molar-refractivity contribution in [2.75, 3.05) is 17.2 Å². The van der Waals surface area contributed by atoms with E-state index in [4.69, 9.17) is 0 Å². The molecule has 0 saturated carbocycles. The van der Waals surface area contributed by atoms with Crippen molar-refractivity contribution in [3.63, 3.8) is 0 Å². The zero-order valence-corrected chi connectivity index (χ0v) is 20.8. The Morgan fingerprint density at radius 3 is 2.81 bits per heavy atom.